The maximum Gasteiger partial charge on any atom is 0.407 e. The molecule has 1 aromatic carbocycles. The van der Waals surface area contributed by atoms with E-state index in [-0.39, 0.29) is 11.4 Å². The van der Waals surface area contributed by atoms with Gasteiger partial charge < -0.3 is 20.6 Å². The Kier molecular flexibility index (Phi) is 3.65. The fourth-order valence-electron chi connectivity index (χ4n) is 2.82. The van der Waals surface area contributed by atoms with Gasteiger partial charge in [0, 0.05) is 11.9 Å². The van der Waals surface area contributed by atoms with Crippen LogP contribution in [0.3, 0.4) is 0 Å². The second kappa shape index (κ2) is 5.64. The predicted molar refractivity (Wildman–Crippen MR) is 81.1 cm³/mol. The first kappa shape index (κ1) is 14.9. The molecule has 120 valence electrons. The van der Waals surface area contributed by atoms with Gasteiger partial charge in [0.2, 0.25) is 11.7 Å². The van der Waals surface area contributed by atoms with E-state index in [1.54, 1.807) is 24.3 Å². The van der Waals surface area contributed by atoms with E-state index < -0.39 is 23.9 Å². The van der Waals surface area contributed by atoms with Crippen LogP contribution in [-0.2, 0) is 4.79 Å². The number of hydrogen-bond acceptors (Lipinski definition) is 4. The lowest BCUT2D eigenvalue weighted by atomic mass is 10.1. The van der Waals surface area contributed by atoms with Crippen molar-refractivity contribution in [2.45, 2.75) is 18.9 Å². The number of carboxylic acid groups (broad SMARTS) is 1. The van der Waals surface area contributed by atoms with Gasteiger partial charge in [0.15, 0.2) is 0 Å². The Morgan fingerprint density at radius 3 is 2.74 bits per heavy atom. The molecule has 23 heavy (non-hydrogen) atoms. The molecule has 8 nitrogen and oxygen atoms in total. The Labute approximate surface area is 130 Å². The molecule has 8 heteroatoms. The predicted octanol–water partition coefficient (Wildman–Crippen LogP) is 1.61. The van der Waals surface area contributed by atoms with E-state index >= 15 is 0 Å². The maximum absolute atomic E-state index is 12.4. The van der Waals surface area contributed by atoms with E-state index in [0.29, 0.717) is 30.4 Å². The Morgan fingerprint density at radius 2 is 2.04 bits per heavy atom. The molecule has 2 heterocycles. The largest absolute Gasteiger partial charge is 0.465 e. The first-order valence-electron chi connectivity index (χ1n) is 7.11. The number of nitrogens with two attached hydrogens (primary N) is 1. The average Bonchev–Trinajstić information content (AvgIpc) is 3.12. The Hall–Kier alpha value is -3.03. The summed E-state index contributed by atoms with van der Waals surface area (Å²) in [5.41, 5.74) is 5.89. The molecule has 2 aromatic rings. The number of hydrogen-bond donors (Lipinski definition) is 3. The van der Waals surface area contributed by atoms with Gasteiger partial charge in [-0.15, -0.1) is 0 Å². The summed E-state index contributed by atoms with van der Waals surface area (Å²) in [6.07, 6.45) is -0.103. The fourth-order valence-corrected chi connectivity index (χ4v) is 2.82. The summed E-state index contributed by atoms with van der Waals surface area (Å²) in [6, 6.07) is 6.01. The van der Waals surface area contributed by atoms with Gasteiger partial charge in [-0.05, 0) is 25.0 Å². The standard InChI is InChI=1S/C15H15N3O5/c16-13(19)12-11(8-4-1-2-6-10(8)23-12)17-14(20)9-5-3-7-18(9)15(21)22/h1-2,4,6,9H,3,5,7H2,(H2,16,19)(H,17,20)(H,21,22)/t9-/m0/s1. The number of nitrogens with zero attached hydrogens (tertiary/aromatic N) is 1. The van der Waals surface area contributed by atoms with Crippen molar-refractivity contribution in [1.82, 2.24) is 4.90 Å². The van der Waals surface area contributed by atoms with Crippen LogP contribution < -0.4 is 11.1 Å². The molecule has 0 aliphatic carbocycles. The van der Waals surface area contributed by atoms with E-state index in [9.17, 15) is 14.4 Å². The van der Waals surface area contributed by atoms with Crippen molar-refractivity contribution in [3.63, 3.8) is 0 Å². The number of anilines is 1. The highest BCUT2D eigenvalue weighted by Crippen LogP contribution is 2.31. The molecule has 0 radical (unpaired) electrons. The lowest BCUT2D eigenvalue weighted by molar-refractivity contribution is -0.119. The number of amides is 3. The van der Waals surface area contributed by atoms with Gasteiger partial charge >= 0.3 is 6.09 Å². The molecule has 1 aromatic heterocycles. The quantitative estimate of drug-likeness (QED) is 0.793. The second-order valence-electron chi connectivity index (χ2n) is 5.29. The fraction of sp³-hybridized carbons (Fsp3) is 0.267. The number of nitrogens with one attached hydrogen (secondary N) is 1. The third kappa shape index (κ3) is 2.59. The Morgan fingerprint density at radius 1 is 1.30 bits per heavy atom. The second-order valence-corrected chi connectivity index (χ2v) is 5.29. The van der Waals surface area contributed by atoms with Gasteiger partial charge in [-0.2, -0.15) is 0 Å². The first-order chi connectivity index (χ1) is 11.0. The molecule has 3 amide bonds. The zero-order valence-corrected chi connectivity index (χ0v) is 12.1. The maximum atomic E-state index is 12.4. The molecule has 0 unspecified atom stereocenters. The van der Waals surface area contributed by atoms with Gasteiger partial charge in [0.05, 0.1) is 0 Å². The van der Waals surface area contributed by atoms with Crippen LogP contribution in [0.2, 0.25) is 0 Å². The number of rotatable bonds is 3. The van der Waals surface area contributed by atoms with Crippen molar-refractivity contribution >= 4 is 34.6 Å². The summed E-state index contributed by atoms with van der Waals surface area (Å²) in [5, 5.41) is 12.3. The number of primary amides is 1. The third-order valence-corrected chi connectivity index (χ3v) is 3.87. The number of carbonyl (C=O) groups excluding carboxylic acids is 2. The summed E-state index contributed by atoms with van der Waals surface area (Å²) in [6.45, 7) is 0.308. The van der Waals surface area contributed by atoms with Crippen molar-refractivity contribution in [2.75, 3.05) is 11.9 Å². The molecule has 1 saturated heterocycles. The summed E-state index contributed by atoms with van der Waals surface area (Å²) in [4.78, 5) is 36.2. The number of para-hydroxylation sites is 1. The van der Waals surface area contributed by atoms with Gasteiger partial charge in [0.25, 0.3) is 5.91 Å². The normalized spacial score (nSPS) is 17.4. The van der Waals surface area contributed by atoms with Crippen LogP contribution in [0, 0.1) is 0 Å². The zero-order valence-electron chi connectivity index (χ0n) is 12.1. The van der Waals surface area contributed by atoms with Crippen LogP contribution in [0.25, 0.3) is 11.0 Å². The zero-order chi connectivity index (χ0) is 16.6. The monoisotopic (exact) mass is 317 g/mol. The topological polar surface area (TPSA) is 126 Å². The van der Waals surface area contributed by atoms with E-state index in [1.165, 1.54) is 0 Å². The van der Waals surface area contributed by atoms with E-state index in [2.05, 4.69) is 5.32 Å². The Balaban J connectivity index is 1.94. The minimum Gasteiger partial charge on any atom is -0.465 e. The lowest BCUT2D eigenvalue weighted by Gasteiger charge is -2.20. The van der Waals surface area contributed by atoms with Crippen LogP contribution in [0.15, 0.2) is 28.7 Å². The molecule has 0 saturated carbocycles. The summed E-state index contributed by atoms with van der Waals surface area (Å²) < 4.78 is 5.38. The van der Waals surface area contributed by atoms with E-state index in [0.717, 1.165) is 4.90 Å². The van der Waals surface area contributed by atoms with E-state index in [4.69, 9.17) is 15.3 Å². The minimum absolute atomic E-state index is 0.153. The van der Waals surface area contributed by atoms with E-state index in [1.807, 2.05) is 0 Å². The number of fused-ring (bicyclic) bond motifs is 1. The molecule has 1 atom stereocenters. The van der Waals surface area contributed by atoms with Crippen molar-refractivity contribution in [2.24, 2.45) is 5.73 Å². The number of benzene rings is 1. The number of furan rings is 1. The number of likely N-dealkylation sites (tertiary alicyclic amines) is 1. The highest BCUT2D eigenvalue weighted by Gasteiger charge is 2.35. The van der Waals surface area contributed by atoms with Gasteiger partial charge in [-0.3, -0.25) is 14.5 Å². The Bertz CT molecular complexity index is 798. The van der Waals surface area contributed by atoms with Crippen LogP contribution in [0.5, 0.6) is 0 Å². The highest BCUT2D eigenvalue weighted by molar-refractivity contribution is 6.11. The molecular formula is C15H15N3O5. The lowest BCUT2D eigenvalue weighted by Crippen LogP contribution is -2.42. The van der Waals surface area contributed by atoms with Crippen LogP contribution >= 0.6 is 0 Å². The molecule has 3 rings (SSSR count). The molecule has 4 N–H and O–H groups in total. The number of carbonyl (C=O) groups is 3. The third-order valence-electron chi connectivity index (χ3n) is 3.87. The molecule has 1 aliphatic rings. The molecule has 0 bridgehead atoms. The first-order valence-corrected chi connectivity index (χ1v) is 7.11. The van der Waals surface area contributed by atoms with Crippen molar-refractivity contribution in [3.05, 3.63) is 30.0 Å². The minimum atomic E-state index is -1.14. The average molecular weight is 317 g/mol. The summed E-state index contributed by atoms with van der Waals surface area (Å²) in [7, 11) is 0. The molecular weight excluding hydrogens is 302 g/mol. The highest BCUT2D eigenvalue weighted by atomic mass is 16.4. The van der Waals surface area contributed by atoms with Gasteiger partial charge in [-0.1, -0.05) is 12.1 Å². The van der Waals surface area contributed by atoms with Gasteiger partial charge in [-0.25, -0.2) is 4.79 Å². The smallest absolute Gasteiger partial charge is 0.407 e. The van der Waals surface area contributed by atoms with Crippen LogP contribution in [-0.4, -0.2) is 40.5 Å². The van der Waals surface area contributed by atoms with Crippen molar-refractivity contribution in [3.8, 4) is 0 Å². The molecule has 1 fully saturated rings. The van der Waals surface area contributed by atoms with Crippen molar-refractivity contribution in [1.29, 1.82) is 0 Å². The molecule has 0 spiro atoms. The summed E-state index contributed by atoms with van der Waals surface area (Å²) >= 11 is 0. The molecule has 1 aliphatic heterocycles. The van der Waals surface area contributed by atoms with Gasteiger partial charge in [0.1, 0.15) is 17.3 Å². The van der Waals surface area contributed by atoms with Crippen LogP contribution in [0.4, 0.5) is 10.5 Å². The van der Waals surface area contributed by atoms with Crippen molar-refractivity contribution < 1.29 is 23.9 Å². The SMILES string of the molecule is NC(=O)c1oc2ccccc2c1NC(=O)[C@@H]1CCCN1C(=O)O. The van der Waals surface area contributed by atoms with Crippen LogP contribution in [0.1, 0.15) is 23.4 Å². The summed E-state index contributed by atoms with van der Waals surface area (Å²) in [5.74, 6) is -1.46.